The summed E-state index contributed by atoms with van der Waals surface area (Å²) in [6, 6.07) is 4.08. The van der Waals surface area contributed by atoms with Crippen molar-refractivity contribution in [2.45, 2.75) is 33.0 Å². The molecular weight excluding hydrogens is 273 g/mol. The molecule has 0 aliphatic rings. The Bertz CT molecular complexity index is 469. The topological polar surface area (TPSA) is 29.3 Å². The van der Waals surface area contributed by atoms with Crippen molar-refractivity contribution in [3.63, 3.8) is 0 Å². The second-order valence-corrected chi connectivity index (χ2v) is 4.91. The van der Waals surface area contributed by atoms with Crippen LogP contribution in [-0.2, 0) is 6.18 Å². The molecule has 106 valence electrons. The van der Waals surface area contributed by atoms with E-state index >= 15 is 0 Å². The van der Waals surface area contributed by atoms with Gasteiger partial charge in [-0.2, -0.15) is 13.2 Å². The number of alkyl halides is 3. The van der Waals surface area contributed by atoms with Gasteiger partial charge < -0.3 is 10.6 Å². The van der Waals surface area contributed by atoms with Crippen LogP contribution in [0.4, 0.5) is 18.9 Å². The Morgan fingerprint density at radius 2 is 1.95 bits per heavy atom. The van der Waals surface area contributed by atoms with Gasteiger partial charge in [-0.05, 0) is 39.0 Å². The van der Waals surface area contributed by atoms with Gasteiger partial charge in [0.2, 0.25) is 0 Å². The van der Waals surface area contributed by atoms with E-state index in [1.165, 1.54) is 12.1 Å². The minimum Gasteiger partial charge on any atom is -0.389 e. The van der Waals surface area contributed by atoms with Crippen molar-refractivity contribution >= 4 is 22.9 Å². The number of nitrogens with two attached hydrogens (primary N) is 1. The lowest BCUT2D eigenvalue weighted by atomic mass is 10.0. The van der Waals surface area contributed by atoms with Gasteiger partial charge in [-0.25, -0.2) is 0 Å². The molecule has 1 aromatic carbocycles. The number of thiocarbonyl (C=S) groups is 1. The monoisotopic (exact) mass is 290 g/mol. The van der Waals surface area contributed by atoms with Crippen LogP contribution in [0.1, 0.15) is 31.9 Å². The largest absolute Gasteiger partial charge is 0.417 e. The minimum absolute atomic E-state index is 0.126. The van der Waals surface area contributed by atoms with E-state index in [2.05, 4.69) is 0 Å². The summed E-state index contributed by atoms with van der Waals surface area (Å²) < 4.78 is 38.6. The van der Waals surface area contributed by atoms with Crippen LogP contribution in [0, 0.1) is 0 Å². The highest BCUT2D eigenvalue weighted by Gasteiger charge is 2.34. The fourth-order valence-electron chi connectivity index (χ4n) is 2.01. The van der Waals surface area contributed by atoms with Crippen molar-refractivity contribution in [3.8, 4) is 0 Å². The molecule has 0 unspecified atom stereocenters. The second-order valence-electron chi connectivity index (χ2n) is 4.47. The molecule has 0 spiro atoms. The Balaban J connectivity index is 3.35. The van der Waals surface area contributed by atoms with E-state index < -0.39 is 11.7 Å². The van der Waals surface area contributed by atoms with E-state index in [0.717, 1.165) is 6.07 Å². The second kappa shape index (κ2) is 5.77. The summed E-state index contributed by atoms with van der Waals surface area (Å²) in [5.41, 5.74) is 5.18. The van der Waals surface area contributed by atoms with E-state index in [-0.39, 0.29) is 16.6 Å². The molecule has 0 aromatic heterocycles. The first-order valence-corrected chi connectivity index (χ1v) is 6.37. The standard InChI is InChI=1S/C13H17F3N2S/c1-4-18(8(2)3)9-5-6-11(13(14,15)16)10(7-9)12(17)19/h5-8H,4H2,1-3H3,(H2,17,19). The number of anilines is 1. The molecule has 0 atom stereocenters. The van der Waals surface area contributed by atoms with Gasteiger partial charge in [0.25, 0.3) is 0 Å². The van der Waals surface area contributed by atoms with Gasteiger partial charge in [0.15, 0.2) is 0 Å². The number of hydrogen-bond donors (Lipinski definition) is 1. The van der Waals surface area contributed by atoms with E-state index in [9.17, 15) is 13.2 Å². The summed E-state index contributed by atoms with van der Waals surface area (Å²) in [4.78, 5) is 1.73. The van der Waals surface area contributed by atoms with E-state index in [0.29, 0.717) is 12.2 Å². The summed E-state index contributed by atoms with van der Waals surface area (Å²) >= 11 is 4.73. The molecule has 2 N–H and O–H groups in total. The first-order chi connectivity index (χ1) is 8.68. The molecule has 0 bridgehead atoms. The molecular formula is C13H17F3N2S. The van der Waals surface area contributed by atoms with Crippen molar-refractivity contribution in [1.29, 1.82) is 0 Å². The molecule has 0 saturated carbocycles. The highest BCUT2D eigenvalue weighted by molar-refractivity contribution is 7.80. The summed E-state index contributed by atoms with van der Waals surface area (Å²) in [6.45, 7) is 6.58. The summed E-state index contributed by atoms with van der Waals surface area (Å²) in [5, 5.41) is 0. The van der Waals surface area contributed by atoms with Crippen molar-refractivity contribution in [1.82, 2.24) is 0 Å². The van der Waals surface area contributed by atoms with Gasteiger partial charge >= 0.3 is 6.18 Å². The van der Waals surface area contributed by atoms with Gasteiger partial charge in [0.1, 0.15) is 4.99 Å². The van der Waals surface area contributed by atoms with Gasteiger partial charge in [-0.1, -0.05) is 12.2 Å². The maximum Gasteiger partial charge on any atom is 0.417 e. The fourth-order valence-corrected chi connectivity index (χ4v) is 2.18. The number of benzene rings is 1. The number of halogens is 3. The highest BCUT2D eigenvalue weighted by Crippen LogP contribution is 2.34. The molecule has 0 saturated heterocycles. The Labute approximate surface area is 116 Å². The Morgan fingerprint density at radius 1 is 1.37 bits per heavy atom. The first kappa shape index (κ1) is 15.8. The Morgan fingerprint density at radius 3 is 2.32 bits per heavy atom. The molecule has 0 heterocycles. The van der Waals surface area contributed by atoms with Gasteiger partial charge in [-0.3, -0.25) is 0 Å². The number of hydrogen-bond acceptors (Lipinski definition) is 2. The number of rotatable bonds is 4. The maximum absolute atomic E-state index is 12.9. The van der Waals surface area contributed by atoms with Crippen LogP contribution in [0.3, 0.4) is 0 Å². The van der Waals surface area contributed by atoms with Crippen LogP contribution in [-0.4, -0.2) is 17.6 Å². The maximum atomic E-state index is 12.9. The highest BCUT2D eigenvalue weighted by atomic mass is 32.1. The van der Waals surface area contributed by atoms with Crippen LogP contribution >= 0.6 is 12.2 Å². The molecule has 1 aromatic rings. The molecule has 0 aliphatic heterocycles. The van der Waals surface area contributed by atoms with Gasteiger partial charge in [-0.15, -0.1) is 0 Å². The molecule has 0 aliphatic carbocycles. The van der Waals surface area contributed by atoms with Gasteiger partial charge in [0.05, 0.1) is 5.56 Å². The average molecular weight is 290 g/mol. The molecule has 0 radical (unpaired) electrons. The lowest BCUT2D eigenvalue weighted by Crippen LogP contribution is -2.31. The van der Waals surface area contributed by atoms with Crippen molar-refractivity contribution in [3.05, 3.63) is 29.3 Å². The Kier molecular flexibility index (Phi) is 4.79. The normalized spacial score (nSPS) is 11.7. The van der Waals surface area contributed by atoms with Crippen molar-refractivity contribution in [2.75, 3.05) is 11.4 Å². The minimum atomic E-state index is -4.45. The molecule has 6 heteroatoms. The summed E-state index contributed by atoms with van der Waals surface area (Å²) in [6.07, 6.45) is -4.45. The average Bonchev–Trinajstić information content (AvgIpc) is 2.27. The van der Waals surface area contributed by atoms with E-state index in [4.69, 9.17) is 18.0 Å². The van der Waals surface area contributed by atoms with Crippen molar-refractivity contribution in [2.24, 2.45) is 5.73 Å². The number of nitrogens with zero attached hydrogens (tertiary/aromatic N) is 1. The predicted octanol–water partition coefficient (Wildman–Crippen LogP) is 3.57. The van der Waals surface area contributed by atoms with Crippen LogP contribution in [0.25, 0.3) is 0 Å². The molecule has 2 nitrogen and oxygen atoms in total. The quantitative estimate of drug-likeness (QED) is 0.860. The zero-order valence-corrected chi connectivity index (χ0v) is 11.9. The van der Waals surface area contributed by atoms with E-state index in [1.807, 2.05) is 25.7 Å². The zero-order valence-electron chi connectivity index (χ0n) is 11.1. The predicted molar refractivity (Wildman–Crippen MR) is 75.5 cm³/mol. The third-order valence-electron chi connectivity index (χ3n) is 2.87. The SMILES string of the molecule is CCN(c1ccc(C(F)(F)F)c(C(N)=S)c1)C(C)C. The van der Waals surface area contributed by atoms with Crippen LogP contribution < -0.4 is 10.6 Å². The van der Waals surface area contributed by atoms with Crippen molar-refractivity contribution < 1.29 is 13.2 Å². The third kappa shape index (κ3) is 3.59. The zero-order chi connectivity index (χ0) is 14.8. The summed E-state index contributed by atoms with van der Waals surface area (Å²) in [5.74, 6) is 0. The van der Waals surface area contributed by atoms with Gasteiger partial charge in [0, 0.05) is 23.8 Å². The molecule has 19 heavy (non-hydrogen) atoms. The molecule has 0 amide bonds. The summed E-state index contributed by atoms with van der Waals surface area (Å²) in [7, 11) is 0. The smallest absolute Gasteiger partial charge is 0.389 e. The lowest BCUT2D eigenvalue weighted by molar-refractivity contribution is -0.137. The Hall–Kier alpha value is -1.30. The third-order valence-corrected chi connectivity index (χ3v) is 3.09. The van der Waals surface area contributed by atoms with Crippen LogP contribution in [0.2, 0.25) is 0 Å². The molecule has 1 rings (SSSR count). The first-order valence-electron chi connectivity index (χ1n) is 5.96. The molecule has 0 fully saturated rings. The van der Waals surface area contributed by atoms with E-state index in [1.54, 1.807) is 0 Å². The lowest BCUT2D eigenvalue weighted by Gasteiger charge is -2.28. The fraction of sp³-hybridized carbons (Fsp3) is 0.462. The van der Waals surface area contributed by atoms with Crippen LogP contribution in [0.15, 0.2) is 18.2 Å². The van der Waals surface area contributed by atoms with Crippen LogP contribution in [0.5, 0.6) is 0 Å².